The van der Waals surface area contributed by atoms with Crippen LogP contribution in [0.3, 0.4) is 0 Å². The van der Waals surface area contributed by atoms with Gasteiger partial charge in [-0.25, -0.2) is 4.98 Å². The zero-order valence-electron chi connectivity index (χ0n) is 6.17. The van der Waals surface area contributed by atoms with Crippen LogP contribution in [0.1, 0.15) is 23.0 Å². The van der Waals surface area contributed by atoms with E-state index in [-0.39, 0.29) is 0 Å². The summed E-state index contributed by atoms with van der Waals surface area (Å²) in [5.74, 6) is 0. The molecule has 0 spiro atoms. The van der Waals surface area contributed by atoms with Gasteiger partial charge in [0.2, 0.25) is 0 Å². The van der Waals surface area contributed by atoms with E-state index in [1.807, 2.05) is 13.0 Å². The molecule has 0 aliphatic carbocycles. The lowest BCUT2D eigenvalue weighted by Gasteiger charge is -1.97. The summed E-state index contributed by atoms with van der Waals surface area (Å²) in [5, 5.41) is 0. The van der Waals surface area contributed by atoms with Crippen molar-refractivity contribution in [2.45, 2.75) is 13.3 Å². The molecule has 1 aromatic rings. The van der Waals surface area contributed by atoms with Crippen molar-refractivity contribution in [3.8, 4) is 0 Å². The molecule has 0 unspecified atom stereocenters. The Hall–Kier alpha value is -0.700. The number of hydrogen-bond donors (Lipinski definition) is 0. The van der Waals surface area contributed by atoms with Gasteiger partial charge in [0.15, 0.2) is 6.29 Å². The predicted molar refractivity (Wildman–Crippen MR) is 46.7 cm³/mol. The van der Waals surface area contributed by atoms with Gasteiger partial charge in [0.05, 0.1) is 0 Å². The van der Waals surface area contributed by atoms with Crippen LogP contribution in [0.25, 0.3) is 0 Å². The van der Waals surface area contributed by atoms with E-state index in [1.165, 1.54) is 0 Å². The number of rotatable bonds is 2. The van der Waals surface area contributed by atoms with Crippen molar-refractivity contribution in [1.29, 1.82) is 0 Å². The molecular weight excluding hydrogens is 206 g/mol. The smallest absolute Gasteiger partial charge is 0.168 e. The van der Waals surface area contributed by atoms with Crippen LogP contribution in [-0.2, 0) is 6.42 Å². The summed E-state index contributed by atoms with van der Waals surface area (Å²) in [5.41, 5.74) is 1.60. The van der Waals surface area contributed by atoms with Crippen LogP contribution in [0.5, 0.6) is 0 Å². The molecule has 0 saturated heterocycles. The van der Waals surface area contributed by atoms with E-state index >= 15 is 0 Å². The zero-order valence-corrected chi connectivity index (χ0v) is 7.76. The maximum atomic E-state index is 10.3. The zero-order chi connectivity index (χ0) is 8.27. The molecule has 0 saturated carbocycles. The molecular formula is C8H8BrNO. The summed E-state index contributed by atoms with van der Waals surface area (Å²) in [4.78, 5) is 14.3. The minimum absolute atomic E-state index is 0.483. The fourth-order valence-electron chi connectivity index (χ4n) is 0.837. The van der Waals surface area contributed by atoms with Gasteiger partial charge in [0, 0.05) is 0 Å². The third kappa shape index (κ3) is 2.12. The van der Waals surface area contributed by atoms with Gasteiger partial charge in [-0.15, -0.1) is 0 Å². The largest absolute Gasteiger partial charge is 0.296 e. The summed E-state index contributed by atoms with van der Waals surface area (Å²) in [6.07, 6.45) is 1.67. The number of aldehydes is 1. The Balaban J connectivity index is 3.11. The Morgan fingerprint density at radius 1 is 1.64 bits per heavy atom. The lowest BCUT2D eigenvalue weighted by Crippen LogP contribution is -1.90. The molecule has 1 aromatic heterocycles. The normalized spacial score (nSPS) is 9.64. The van der Waals surface area contributed by atoms with Crippen LogP contribution in [0.2, 0.25) is 0 Å². The Morgan fingerprint density at radius 3 is 2.91 bits per heavy atom. The Bertz CT molecular complexity index is 273. The number of halogens is 1. The van der Waals surface area contributed by atoms with Crippen molar-refractivity contribution < 1.29 is 4.79 Å². The molecule has 11 heavy (non-hydrogen) atoms. The fourth-order valence-corrected chi connectivity index (χ4v) is 1.34. The topological polar surface area (TPSA) is 30.0 Å². The molecule has 0 N–H and O–H groups in total. The van der Waals surface area contributed by atoms with Gasteiger partial charge in [-0.05, 0) is 40.0 Å². The predicted octanol–water partition coefficient (Wildman–Crippen LogP) is 2.22. The number of hydrogen-bond acceptors (Lipinski definition) is 2. The van der Waals surface area contributed by atoms with Crippen LogP contribution in [0, 0.1) is 0 Å². The highest BCUT2D eigenvalue weighted by Crippen LogP contribution is 2.10. The second-order valence-electron chi connectivity index (χ2n) is 2.19. The average Bonchev–Trinajstić information content (AvgIpc) is 2.03. The van der Waals surface area contributed by atoms with Crippen molar-refractivity contribution in [2.75, 3.05) is 0 Å². The van der Waals surface area contributed by atoms with Gasteiger partial charge in [0.1, 0.15) is 10.3 Å². The molecule has 58 valence electrons. The standard InChI is InChI=1S/C8H8BrNO/c1-2-6-3-7(5-11)10-8(9)4-6/h3-5H,2H2,1H3. The lowest BCUT2D eigenvalue weighted by molar-refractivity contribution is 0.111. The summed E-state index contributed by atoms with van der Waals surface area (Å²) >= 11 is 3.22. The number of aryl methyl sites for hydroxylation is 1. The number of carbonyl (C=O) groups is 1. The van der Waals surface area contributed by atoms with Crippen molar-refractivity contribution in [2.24, 2.45) is 0 Å². The van der Waals surface area contributed by atoms with Crippen molar-refractivity contribution in [1.82, 2.24) is 4.98 Å². The quantitative estimate of drug-likeness (QED) is 0.558. The maximum absolute atomic E-state index is 10.3. The number of carbonyl (C=O) groups excluding carboxylic acids is 1. The van der Waals surface area contributed by atoms with Crippen molar-refractivity contribution in [3.63, 3.8) is 0 Å². The van der Waals surface area contributed by atoms with Gasteiger partial charge < -0.3 is 0 Å². The van der Waals surface area contributed by atoms with Gasteiger partial charge in [-0.3, -0.25) is 4.79 Å². The van der Waals surface area contributed by atoms with Gasteiger partial charge >= 0.3 is 0 Å². The molecule has 0 aromatic carbocycles. The first-order chi connectivity index (χ1) is 5.26. The Morgan fingerprint density at radius 2 is 2.36 bits per heavy atom. The van der Waals surface area contributed by atoms with E-state index in [9.17, 15) is 4.79 Å². The maximum Gasteiger partial charge on any atom is 0.168 e. The van der Waals surface area contributed by atoms with Crippen LogP contribution >= 0.6 is 15.9 Å². The van der Waals surface area contributed by atoms with Crippen LogP contribution in [0.4, 0.5) is 0 Å². The summed E-state index contributed by atoms with van der Waals surface area (Å²) in [7, 11) is 0. The van der Waals surface area contributed by atoms with Crippen molar-refractivity contribution in [3.05, 3.63) is 28.0 Å². The Labute approximate surface area is 73.8 Å². The molecule has 1 rings (SSSR count). The summed E-state index contributed by atoms with van der Waals surface area (Å²) in [6.45, 7) is 2.04. The highest BCUT2D eigenvalue weighted by Gasteiger charge is 1.97. The minimum Gasteiger partial charge on any atom is -0.296 e. The van der Waals surface area contributed by atoms with Crippen LogP contribution in [-0.4, -0.2) is 11.3 Å². The number of nitrogens with zero attached hydrogens (tertiary/aromatic N) is 1. The second-order valence-corrected chi connectivity index (χ2v) is 3.01. The van der Waals surface area contributed by atoms with Gasteiger partial charge in [-0.1, -0.05) is 6.92 Å². The first kappa shape index (κ1) is 8.40. The second kappa shape index (κ2) is 3.62. The summed E-state index contributed by atoms with van der Waals surface area (Å²) in [6, 6.07) is 3.70. The van der Waals surface area contributed by atoms with Crippen LogP contribution < -0.4 is 0 Å². The first-order valence-electron chi connectivity index (χ1n) is 3.38. The molecule has 0 amide bonds. The summed E-state index contributed by atoms with van der Waals surface area (Å²) < 4.78 is 0.721. The third-order valence-electron chi connectivity index (χ3n) is 1.40. The van der Waals surface area contributed by atoms with E-state index in [1.54, 1.807) is 6.07 Å². The molecule has 0 aliphatic rings. The average molecular weight is 214 g/mol. The van der Waals surface area contributed by atoms with E-state index in [0.717, 1.165) is 22.9 Å². The highest BCUT2D eigenvalue weighted by atomic mass is 79.9. The molecule has 0 bridgehead atoms. The molecule has 2 nitrogen and oxygen atoms in total. The first-order valence-corrected chi connectivity index (χ1v) is 4.17. The van der Waals surface area contributed by atoms with Crippen LogP contribution in [0.15, 0.2) is 16.7 Å². The number of aromatic nitrogens is 1. The monoisotopic (exact) mass is 213 g/mol. The third-order valence-corrected chi connectivity index (χ3v) is 1.81. The molecule has 3 heteroatoms. The molecule has 0 fully saturated rings. The van der Waals surface area contributed by atoms with Gasteiger partial charge in [-0.2, -0.15) is 0 Å². The number of pyridine rings is 1. The minimum atomic E-state index is 0.483. The van der Waals surface area contributed by atoms with E-state index < -0.39 is 0 Å². The van der Waals surface area contributed by atoms with Crippen molar-refractivity contribution >= 4 is 22.2 Å². The molecule has 1 heterocycles. The van der Waals surface area contributed by atoms with Gasteiger partial charge in [0.25, 0.3) is 0 Å². The Kier molecular flexibility index (Phi) is 2.76. The highest BCUT2D eigenvalue weighted by molar-refractivity contribution is 9.10. The SMILES string of the molecule is CCc1cc(Br)nc(C=O)c1. The van der Waals surface area contributed by atoms with E-state index in [2.05, 4.69) is 20.9 Å². The molecule has 0 aliphatic heterocycles. The molecule has 0 atom stereocenters. The fraction of sp³-hybridized carbons (Fsp3) is 0.250. The lowest BCUT2D eigenvalue weighted by atomic mass is 10.2. The van der Waals surface area contributed by atoms with E-state index in [0.29, 0.717) is 5.69 Å². The van der Waals surface area contributed by atoms with E-state index in [4.69, 9.17) is 0 Å². The molecule has 0 radical (unpaired) electrons.